The molecule has 0 amide bonds. The van der Waals surface area contributed by atoms with Crippen molar-refractivity contribution in [2.45, 2.75) is 19.0 Å². The van der Waals surface area contributed by atoms with Crippen LogP contribution in [-0.4, -0.2) is 12.3 Å². The molecule has 0 saturated carbocycles. The third-order valence-corrected chi connectivity index (χ3v) is 5.41. The number of rotatable bonds is 1. The third-order valence-electron chi connectivity index (χ3n) is 2.67. The van der Waals surface area contributed by atoms with Gasteiger partial charge in [-0.05, 0) is 42.6 Å². The summed E-state index contributed by atoms with van der Waals surface area (Å²) in [4.78, 5) is 0. The summed E-state index contributed by atoms with van der Waals surface area (Å²) in [5.74, 6) is 0. The Morgan fingerprint density at radius 2 is 1.47 bits per heavy atom. The van der Waals surface area contributed by atoms with Crippen molar-refractivity contribution < 1.29 is 13.2 Å². The Labute approximate surface area is 88.2 Å². The van der Waals surface area contributed by atoms with Gasteiger partial charge in [-0.25, -0.2) is 0 Å². The van der Waals surface area contributed by atoms with E-state index in [9.17, 15) is 13.2 Å². The first-order valence-electron chi connectivity index (χ1n) is 4.99. The molecule has 1 fully saturated rings. The van der Waals surface area contributed by atoms with Gasteiger partial charge in [-0.1, -0.05) is 20.1 Å². The molecule has 0 nitrogen and oxygen atoms in total. The number of hydrogen-bond acceptors (Lipinski definition) is 0. The van der Waals surface area contributed by atoms with Crippen LogP contribution in [-0.2, 0) is 6.18 Å². The monoisotopic (exact) mass is 232 g/mol. The molecule has 1 aliphatic heterocycles. The van der Waals surface area contributed by atoms with E-state index in [0.717, 1.165) is 5.30 Å². The zero-order valence-electron chi connectivity index (χ0n) is 8.22. The van der Waals surface area contributed by atoms with Crippen LogP contribution in [0.1, 0.15) is 18.4 Å². The fourth-order valence-electron chi connectivity index (χ4n) is 1.84. The first-order chi connectivity index (χ1) is 7.07. The number of hydrogen-bond donors (Lipinski definition) is 0. The van der Waals surface area contributed by atoms with Crippen molar-refractivity contribution in [3.8, 4) is 0 Å². The van der Waals surface area contributed by atoms with Crippen LogP contribution < -0.4 is 5.30 Å². The normalized spacial score (nSPS) is 18.3. The smallest absolute Gasteiger partial charge is 0.166 e. The molecular weight excluding hydrogens is 220 g/mol. The SMILES string of the molecule is FC(F)(F)c1ccc(P2CCCC2)cc1. The van der Waals surface area contributed by atoms with E-state index in [1.807, 2.05) is 0 Å². The summed E-state index contributed by atoms with van der Waals surface area (Å²) in [6.45, 7) is 0. The molecule has 4 heteroatoms. The summed E-state index contributed by atoms with van der Waals surface area (Å²) >= 11 is 0. The molecule has 0 aliphatic carbocycles. The molecule has 0 spiro atoms. The average Bonchev–Trinajstić information content (AvgIpc) is 2.69. The first-order valence-corrected chi connectivity index (χ1v) is 6.71. The van der Waals surface area contributed by atoms with Gasteiger partial charge in [0.05, 0.1) is 5.56 Å². The molecule has 1 aliphatic rings. The standard InChI is InChI=1S/C11H12F3P/c12-11(13,14)9-3-5-10(6-4-9)15-7-1-2-8-15/h3-6H,1-2,7-8H2. The van der Waals surface area contributed by atoms with Gasteiger partial charge in [0.1, 0.15) is 0 Å². The quantitative estimate of drug-likeness (QED) is 0.649. The predicted molar refractivity (Wildman–Crippen MR) is 57.0 cm³/mol. The van der Waals surface area contributed by atoms with Gasteiger partial charge in [0.25, 0.3) is 0 Å². The molecule has 0 bridgehead atoms. The lowest BCUT2D eigenvalue weighted by molar-refractivity contribution is -0.137. The first kappa shape index (κ1) is 10.9. The van der Waals surface area contributed by atoms with Gasteiger partial charge in [-0.2, -0.15) is 13.2 Å². The van der Waals surface area contributed by atoms with Crippen molar-refractivity contribution in [3.63, 3.8) is 0 Å². The van der Waals surface area contributed by atoms with Crippen LogP contribution in [0, 0.1) is 0 Å². The molecule has 1 heterocycles. The lowest BCUT2D eigenvalue weighted by atomic mass is 10.2. The van der Waals surface area contributed by atoms with Gasteiger partial charge in [0.2, 0.25) is 0 Å². The minimum absolute atomic E-state index is 0.156. The fourth-order valence-corrected chi connectivity index (χ4v) is 4.36. The van der Waals surface area contributed by atoms with E-state index in [-0.39, 0.29) is 7.92 Å². The van der Waals surface area contributed by atoms with Crippen molar-refractivity contribution in [2.24, 2.45) is 0 Å². The highest BCUT2D eigenvalue weighted by molar-refractivity contribution is 7.65. The Bertz CT molecular complexity index is 323. The van der Waals surface area contributed by atoms with E-state index in [4.69, 9.17) is 0 Å². The summed E-state index contributed by atoms with van der Waals surface area (Å²) < 4.78 is 36.9. The Morgan fingerprint density at radius 3 is 1.93 bits per heavy atom. The Kier molecular flexibility index (Phi) is 3.01. The van der Waals surface area contributed by atoms with Crippen LogP contribution in [0.4, 0.5) is 13.2 Å². The second-order valence-corrected chi connectivity index (χ2v) is 6.23. The molecule has 2 rings (SSSR count). The number of benzene rings is 1. The zero-order valence-corrected chi connectivity index (χ0v) is 9.11. The van der Waals surface area contributed by atoms with E-state index < -0.39 is 11.7 Å². The highest BCUT2D eigenvalue weighted by atomic mass is 31.1. The van der Waals surface area contributed by atoms with Crippen molar-refractivity contribution in [2.75, 3.05) is 12.3 Å². The van der Waals surface area contributed by atoms with Gasteiger partial charge in [0.15, 0.2) is 0 Å². The van der Waals surface area contributed by atoms with Crippen molar-refractivity contribution in [1.82, 2.24) is 0 Å². The van der Waals surface area contributed by atoms with E-state index in [1.165, 1.54) is 37.3 Å². The molecule has 0 radical (unpaired) electrons. The molecule has 15 heavy (non-hydrogen) atoms. The van der Waals surface area contributed by atoms with Crippen LogP contribution in [0.5, 0.6) is 0 Å². The molecule has 1 aromatic carbocycles. The predicted octanol–water partition coefficient (Wildman–Crippen LogP) is 3.61. The summed E-state index contributed by atoms with van der Waals surface area (Å²) in [7, 11) is -0.156. The Hall–Kier alpha value is -0.560. The maximum atomic E-state index is 12.3. The van der Waals surface area contributed by atoms with Crippen LogP contribution in [0.3, 0.4) is 0 Å². The molecule has 1 saturated heterocycles. The third kappa shape index (κ3) is 2.52. The van der Waals surface area contributed by atoms with Gasteiger partial charge in [0, 0.05) is 0 Å². The minimum Gasteiger partial charge on any atom is -0.166 e. The molecule has 82 valence electrons. The lowest BCUT2D eigenvalue weighted by Crippen LogP contribution is -2.08. The maximum absolute atomic E-state index is 12.3. The summed E-state index contributed by atoms with van der Waals surface area (Å²) in [6, 6.07) is 5.71. The molecule has 0 aromatic heterocycles. The Morgan fingerprint density at radius 1 is 0.933 bits per heavy atom. The summed E-state index contributed by atoms with van der Waals surface area (Å²) in [5.41, 5.74) is -0.541. The summed E-state index contributed by atoms with van der Waals surface area (Å²) in [6.07, 6.45) is 0.613. The van der Waals surface area contributed by atoms with E-state index in [1.54, 1.807) is 12.1 Å². The van der Waals surface area contributed by atoms with E-state index in [2.05, 4.69) is 0 Å². The van der Waals surface area contributed by atoms with E-state index in [0.29, 0.717) is 0 Å². The van der Waals surface area contributed by atoms with Crippen LogP contribution in [0.25, 0.3) is 0 Å². The second kappa shape index (κ2) is 4.13. The Balaban J connectivity index is 2.16. The minimum atomic E-state index is -4.21. The van der Waals surface area contributed by atoms with Gasteiger partial charge < -0.3 is 0 Å². The van der Waals surface area contributed by atoms with Crippen molar-refractivity contribution >= 4 is 13.2 Å². The molecule has 1 aromatic rings. The number of alkyl halides is 3. The van der Waals surface area contributed by atoms with Gasteiger partial charge in [-0.15, -0.1) is 0 Å². The molecular formula is C11H12F3P. The second-order valence-electron chi connectivity index (χ2n) is 3.74. The highest BCUT2D eigenvalue weighted by Gasteiger charge is 2.30. The topological polar surface area (TPSA) is 0 Å². The van der Waals surface area contributed by atoms with Crippen LogP contribution in [0.2, 0.25) is 0 Å². The van der Waals surface area contributed by atoms with Gasteiger partial charge in [-0.3, -0.25) is 0 Å². The average molecular weight is 232 g/mol. The molecule has 0 atom stereocenters. The number of halogens is 3. The largest absolute Gasteiger partial charge is 0.416 e. The van der Waals surface area contributed by atoms with Crippen molar-refractivity contribution in [3.05, 3.63) is 29.8 Å². The van der Waals surface area contributed by atoms with Crippen LogP contribution >= 0.6 is 7.92 Å². The van der Waals surface area contributed by atoms with Crippen LogP contribution in [0.15, 0.2) is 24.3 Å². The zero-order chi connectivity index (χ0) is 10.9. The lowest BCUT2D eigenvalue weighted by Gasteiger charge is -2.12. The van der Waals surface area contributed by atoms with Crippen molar-refractivity contribution in [1.29, 1.82) is 0 Å². The highest BCUT2D eigenvalue weighted by Crippen LogP contribution is 2.42. The fraction of sp³-hybridized carbons (Fsp3) is 0.455. The van der Waals surface area contributed by atoms with Gasteiger partial charge >= 0.3 is 6.18 Å². The molecule has 0 N–H and O–H groups in total. The summed E-state index contributed by atoms with van der Waals surface area (Å²) in [5, 5.41) is 1.12. The maximum Gasteiger partial charge on any atom is 0.416 e. The van der Waals surface area contributed by atoms with E-state index >= 15 is 0 Å². The molecule has 0 unspecified atom stereocenters.